The first-order chi connectivity index (χ1) is 26.4. The third kappa shape index (κ3) is 38.8. The lowest BCUT2D eigenvalue weighted by atomic mass is 10.0. The van der Waals surface area contributed by atoms with Gasteiger partial charge in [-0.1, -0.05) is 0 Å². The maximum Gasteiger partial charge on any atom is 0.246 e. The van der Waals surface area contributed by atoms with Gasteiger partial charge in [-0.25, -0.2) is 0 Å². The summed E-state index contributed by atoms with van der Waals surface area (Å²) in [5.74, 6) is -0.960. The number of amides is 4. The summed E-state index contributed by atoms with van der Waals surface area (Å²) >= 11 is 0. The van der Waals surface area contributed by atoms with Crippen LogP contribution in [0.15, 0.2) is 0 Å². The third-order valence-corrected chi connectivity index (χ3v) is 6.63. The monoisotopic (exact) mass is 782 g/mol. The van der Waals surface area contributed by atoms with Gasteiger partial charge in [-0.15, -0.1) is 0 Å². The highest BCUT2D eigenvalue weighted by molar-refractivity contribution is 5.79. The molecule has 0 saturated heterocycles. The molecule has 21 nitrogen and oxygen atoms in total. The summed E-state index contributed by atoms with van der Waals surface area (Å²) in [4.78, 5) is 57.4. The van der Waals surface area contributed by atoms with E-state index in [0.29, 0.717) is 138 Å². The van der Waals surface area contributed by atoms with Crippen molar-refractivity contribution in [2.45, 2.75) is 6.42 Å². The summed E-state index contributed by atoms with van der Waals surface area (Å²) in [6.45, 7) is 8.53. The van der Waals surface area contributed by atoms with Gasteiger partial charge in [-0.3, -0.25) is 19.2 Å². The van der Waals surface area contributed by atoms with E-state index in [0.717, 1.165) is 0 Å². The number of aldehydes is 1. The van der Waals surface area contributed by atoms with Gasteiger partial charge in [0.25, 0.3) is 0 Å². The van der Waals surface area contributed by atoms with Crippen molar-refractivity contribution in [3.63, 3.8) is 0 Å². The Hall–Kier alpha value is -2.93. The lowest BCUT2D eigenvalue weighted by molar-refractivity contribution is -0.131. The van der Waals surface area contributed by atoms with Gasteiger partial charge < -0.3 is 86.1 Å². The molecule has 0 aliphatic carbocycles. The topological polar surface area (TPSA) is 283 Å². The minimum atomic E-state index is -0.371. The highest BCUT2D eigenvalue weighted by atomic mass is 16.5. The minimum absolute atomic E-state index is 0.0358. The van der Waals surface area contributed by atoms with Crippen LogP contribution in [0.3, 0.4) is 0 Å². The molecule has 0 bridgehead atoms. The Kier molecular flexibility index (Phi) is 39.0. The Balaban J connectivity index is 3.47. The molecular weight excluding hydrogens is 716 g/mol. The Bertz CT molecular complexity index is 917. The second kappa shape index (κ2) is 41.2. The van der Waals surface area contributed by atoms with E-state index in [1.807, 2.05) is 0 Å². The normalized spacial score (nSPS) is 11.1. The summed E-state index contributed by atoms with van der Waals surface area (Å²) in [5.41, 5.74) is 11.0. The van der Waals surface area contributed by atoms with Crippen molar-refractivity contribution >= 4 is 29.9 Å². The van der Waals surface area contributed by atoms with Crippen molar-refractivity contribution in [2.24, 2.45) is 17.4 Å². The number of hydrogen-bond donors (Lipinski definition) is 8. The quantitative estimate of drug-likeness (QED) is 0.0212. The van der Waals surface area contributed by atoms with Crippen LogP contribution in [0.1, 0.15) is 6.42 Å². The zero-order chi connectivity index (χ0) is 39.6. The summed E-state index contributed by atoms with van der Waals surface area (Å²) < 4.78 is 42.3. The average Bonchev–Trinajstić information content (AvgIpc) is 3.15. The van der Waals surface area contributed by atoms with Gasteiger partial charge in [-0.05, 0) is 19.0 Å². The highest BCUT2D eigenvalue weighted by Crippen LogP contribution is 2.00. The van der Waals surface area contributed by atoms with E-state index >= 15 is 0 Å². The van der Waals surface area contributed by atoms with Crippen molar-refractivity contribution in [1.29, 1.82) is 0 Å². The molecule has 0 heterocycles. The van der Waals surface area contributed by atoms with Gasteiger partial charge in [-0.2, -0.15) is 0 Å². The molecule has 0 fully saturated rings. The SMILES string of the molecule is NCCNCC(CNCCN)CC(=O)NCCOCCOCCOCCNC(=O)COCC(=O)NCCOCCOCCOCCNC(=O)COCC=O. The molecule has 0 spiro atoms. The van der Waals surface area contributed by atoms with Gasteiger partial charge in [0.1, 0.15) is 32.7 Å². The van der Waals surface area contributed by atoms with Crippen molar-refractivity contribution in [3.05, 3.63) is 0 Å². The number of carbonyl (C=O) groups excluding carboxylic acids is 5. The molecule has 21 heteroatoms. The molecule has 316 valence electrons. The molecule has 54 heavy (non-hydrogen) atoms. The molecule has 4 amide bonds. The van der Waals surface area contributed by atoms with Crippen molar-refractivity contribution in [3.8, 4) is 0 Å². The predicted octanol–water partition coefficient (Wildman–Crippen LogP) is -5.11. The lowest BCUT2D eigenvalue weighted by Crippen LogP contribution is -2.38. The van der Waals surface area contributed by atoms with E-state index in [2.05, 4.69) is 31.9 Å². The number of nitrogens with two attached hydrogens (primary N) is 2. The molecular formula is C33H66N8O13. The molecule has 0 radical (unpaired) electrons. The van der Waals surface area contributed by atoms with Crippen LogP contribution in [-0.4, -0.2) is 201 Å². The molecule has 0 rings (SSSR count). The predicted molar refractivity (Wildman–Crippen MR) is 197 cm³/mol. The van der Waals surface area contributed by atoms with Gasteiger partial charge in [0.15, 0.2) is 0 Å². The molecule has 0 aliphatic rings. The fourth-order valence-corrected chi connectivity index (χ4v) is 4.09. The van der Waals surface area contributed by atoms with E-state index in [-0.39, 0.29) is 75.7 Å². The average molecular weight is 783 g/mol. The standard InChI is InChI=1S/C33H66N8O13/c34-1-3-36-24-29(25-37-4-2-35)23-30(43)38-5-10-47-15-19-51-21-17-49-12-7-40-32(45)27-54-28-33(46)41-8-13-50-18-22-52-20-16-48-11-6-39-31(44)26-53-14-9-42/h9,29,36-37H,1-8,10-28,34-35H2,(H,38,43)(H,39,44)(H,40,45)(H,41,46). The van der Waals surface area contributed by atoms with Crippen LogP contribution in [-0.2, 0) is 61.9 Å². The van der Waals surface area contributed by atoms with Gasteiger partial charge >= 0.3 is 0 Å². The summed E-state index contributed by atoms with van der Waals surface area (Å²) in [7, 11) is 0. The van der Waals surface area contributed by atoms with E-state index in [1.54, 1.807) is 0 Å². The molecule has 10 N–H and O–H groups in total. The number of nitrogens with one attached hydrogen (secondary N) is 6. The zero-order valence-corrected chi connectivity index (χ0v) is 31.7. The van der Waals surface area contributed by atoms with Crippen LogP contribution >= 0.6 is 0 Å². The number of ether oxygens (including phenoxy) is 8. The van der Waals surface area contributed by atoms with E-state index in [4.69, 9.17) is 49.4 Å². The van der Waals surface area contributed by atoms with Crippen LogP contribution in [0.2, 0.25) is 0 Å². The second-order valence-corrected chi connectivity index (χ2v) is 11.3. The van der Waals surface area contributed by atoms with Crippen molar-refractivity contribution in [2.75, 3.05) is 171 Å². The zero-order valence-electron chi connectivity index (χ0n) is 31.7. The fourth-order valence-electron chi connectivity index (χ4n) is 4.09. The molecule has 0 atom stereocenters. The molecule has 0 aromatic rings. The van der Waals surface area contributed by atoms with E-state index in [9.17, 15) is 24.0 Å². The summed E-state index contributed by atoms with van der Waals surface area (Å²) in [5, 5.41) is 17.2. The lowest BCUT2D eigenvalue weighted by Gasteiger charge is -2.18. The largest absolute Gasteiger partial charge is 0.377 e. The molecule has 0 saturated carbocycles. The summed E-state index contributed by atoms with van der Waals surface area (Å²) in [6.07, 6.45) is 0.965. The highest BCUT2D eigenvalue weighted by Gasteiger charge is 2.13. The Morgan fingerprint density at radius 2 is 0.778 bits per heavy atom. The van der Waals surface area contributed by atoms with Crippen molar-refractivity contribution in [1.82, 2.24) is 31.9 Å². The van der Waals surface area contributed by atoms with Crippen LogP contribution in [0.25, 0.3) is 0 Å². The van der Waals surface area contributed by atoms with E-state index in [1.165, 1.54) is 0 Å². The maximum absolute atomic E-state index is 12.3. The first kappa shape index (κ1) is 51.1. The van der Waals surface area contributed by atoms with E-state index < -0.39 is 0 Å². The van der Waals surface area contributed by atoms with Crippen molar-refractivity contribution < 1.29 is 61.9 Å². The molecule has 0 unspecified atom stereocenters. The summed E-state index contributed by atoms with van der Waals surface area (Å²) in [6, 6.07) is 0. The number of carbonyl (C=O) groups is 5. The Morgan fingerprint density at radius 3 is 1.13 bits per heavy atom. The van der Waals surface area contributed by atoms with Gasteiger partial charge in [0.05, 0.1) is 79.3 Å². The Labute approximate surface area is 318 Å². The van der Waals surface area contributed by atoms with Crippen LogP contribution in [0, 0.1) is 5.92 Å². The molecule has 0 aromatic carbocycles. The molecule has 0 aromatic heterocycles. The van der Waals surface area contributed by atoms with Gasteiger partial charge in [0.2, 0.25) is 23.6 Å². The number of rotatable bonds is 42. The smallest absolute Gasteiger partial charge is 0.246 e. The first-order valence-corrected chi connectivity index (χ1v) is 18.4. The Morgan fingerprint density at radius 1 is 0.444 bits per heavy atom. The van der Waals surface area contributed by atoms with Gasteiger partial charge in [0, 0.05) is 58.8 Å². The third-order valence-electron chi connectivity index (χ3n) is 6.63. The minimum Gasteiger partial charge on any atom is -0.377 e. The van der Waals surface area contributed by atoms with Crippen LogP contribution < -0.4 is 43.4 Å². The van der Waals surface area contributed by atoms with Crippen LogP contribution in [0.4, 0.5) is 0 Å². The maximum atomic E-state index is 12.3. The first-order valence-electron chi connectivity index (χ1n) is 18.4. The number of hydrogen-bond acceptors (Lipinski definition) is 17. The fraction of sp³-hybridized carbons (Fsp3) is 0.848. The molecule has 0 aliphatic heterocycles. The van der Waals surface area contributed by atoms with Crippen LogP contribution in [0.5, 0.6) is 0 Å². The second-order valence-electron chi connectivity index (χ2n) is 11.3.